The van der Waals surface area contributed by atoms with E-state index in [0.29, 0.717) is 0 Å². The van der Waals surface area contributed by atoms with Crippen LogP contribution in [-0.2, 0) is 13.5 Å². The Morgan fingerprint density at radius 3 is 2.87 bits per heavy atom. The Kier molecular flexibility index (Phi) is 2.83. The highest BCUT2D eigenvalue weighted by molar-refractivity contribution is 7.09. The predicted octanol–water partition coefficient (Wildman–Crippen LogP) is 1.43. The summed E-state index contributed by atoms with van der Waals surface area (Å²) in [6.07, 6.45) is 4.55. The van der Waals surface area contributed by atoms with Gasteiger partial charge in [-0.3, -0.25) is 9.67 Å². The molecule has 4 nitrogen and oxygen atoms in total. The molecule has 0 fully saturated rings. The van der Waals surface area contributed by atoms with Crippen LogP contribution < -0.4 is 5.73 Å². The molecule has 80 valence electrons. The van der Waals surface area contributed by atoms with Gasteiger partial charge in [-0.25, -0.2) is 0 Å². The van der Waals surface area contributed by atoms with Gasteiger partial charge >= 0.3 is 0 Å². The molecule has 1 unspecified atom stereocenters. The summed E-state index contributed by atoms with van der Waals surface area (Å²) in [7, 11) is 1.93. The van der Waals surface area contributed by atoms with E-state index >= 15 is 0 Å². The number of thiazole rings is 1. The van der Waals surface area contributed by atoms with Crippen molar-refractivity contribution in [3.05, 3.63) is 34.0 Å². The average Bonchev–Trinajstić information content (AvgIpc) is 2.79. The van der Waals surface area contributed by atoms with Crippen molar-refractivity contribution in [1.82, 2.24) is 14.8 Å². The number of aryl methyl sites for hydroxylation is 1. The highest BCUT2D eigenvalue weighted by Gasteiger charge is 2.13. The molecule has 2 heterocycles. The third kappa shape index (κ3) is 2.08. The van der Waals surface area contributed by atoms with Crippen LogP contribution in [0, 0.1) is 6.92 Å². The van der Waals surface area contributed by atoms with Crippen molar-refractivity contribution in [2.75, 3.05) is 0 Å². The molecule has 0 spiro atoms. The van der Waals surface area contributed by atoms with E-state index in [9.17, 15) is 0 Å². The van der Waals surface area contributed by atoms with E-state index in [2.05, 4.69) is 10.1 Å². The van der Waals surface area contributed by atoms with Gasteiger partial charge in [0.2, 0.25) is 0 Å². The monoisotopic (exact) mass is 222 g/mol. The van der Waals surface area contributed by atoms with Gasteiger partial charge in [0, 0.05) is 41.8 Å². The third-order valence-corrected chi connectivity index (χ3v) is 3.38. The first-order chi connectivity index (χ1) is 7.18. The van der Waals surface area contributed by atoms with E-state index in [1.54, 1.807) is 11.3 Å². The molecule has 5 heteroatoms. The molecule has 0 radical (unpaired) electrons. The van der Waals surface area contributed by atoms with Crippen LogP contribution in [0.15, 0.2) is 17.9 Å². The fourth-order valence-corrected chi connectivity index (χ4v) is 2.20. The van der Waals surface area contributed by atoms with Crippen molar-refractivity contribution >= 4 is 11.3 Å². The van der Waals surface area contributed by atoms with Crippen molar-refractivity contribution in [1.29, 1.82) is 0 Å². The van der Waals surface area contributed by atoms with Crippen LogP contribution in [0.5, 0.6) is 0 Å². The van der Waals surface area contributed by atoms with Crippen molar-refractivity contribution < 1.29 is 0 Å². The van der Waals surface area contributed by atoms with Gasteiger partial charge in [-0.15, -0.1) is 11.3 Å². The smallest absolute Gasteiger partial charge is 0.0794 e. The molecule has 2 aromatic rings. The van der Waals surface area contributed by atoms with Crippen molar-refractivity contribution in [2.24, 2.45) is 12.8 Å². The van der Waals surface area contributed by atoms with Crippen molar-refractivity contribution in [3.63, 3.8) is 0 Å². The zero-order valence-electron chi connectivity index (χ0n) is 8.84. The van der Waals surface area contributed by atoms with Gasteiger partial charge in [-0.05, 0) is 6.92 Å². The lowest BCUT2D eigenvalue weighted by atomic mass is 10.1. The van der Waals surface area contributed by atoms with Gasteiger partial charge in [0.05, 0.1) is 11.7 Å². The normalized spacial score (nSPS) is 13.0. The summed E-state index contributed by atoms with van der Waals surface area (Å²) in [5.74, 6) is 0. The quantitative estimate of drug-likeness (QED) is 0.854. The molecule has 0 aliphatic rings. The zero-order valence-corrected chi connectivity index (χ0v) is 9.66. The van der Waals surface area contributed by atoms with Gasteiger partial charge in [0.25, 0.3) is 0 Å². The minimum Gasteiger partial charge on any atom is -0.324 e. The number of rotatable bonds is 3. The molecular weight excluding hydrogens is 208 g/mol. The van der Waals surface area contributed by atoms with Crippen LogP contribution in [0.1, 0.15) is 22.2 Å². The van der Waals surface area contributed by atoms with E-state index in [1.807, 2.05) is 36.6 Å². The number of hydrogen-bond acceptors (Lipinski definition) is 4. The molecule has 0 aliphatic heterocycles. The van der Waals surface area contributed by atoms with Gasteiger partial charge < -0.3 is 5.73 Å². The molecule has 0 aromatic carbocycles. The standard InChI is InChI=1S/C10H14N4S/c1-7-9(5-13-14(7)2)10(11)3-8-4-12-6-15-8/h4-6,10H,3,11H2,1-2H3. The number of nitrogens with two attached hydrogens (primary N) is 1. The largest absolute Gasteiger partial charge is 0.324 e. The Hall–Kier alpha value is -1.20. The first-order valence-electron chi connectivity index (χ1n) is 4.80. The Morgan fingerprint density at radius 1 is 1.53 bits per heavy atom. The van der Waals surface area contributed by atoms with Crippen molar-refractivity contribution in [2.45, 2.75) is 19.4 Å². The minimum absolute atomic E-state index is 0.0131. The number of hydrogen-bond donors (Lipinski definition) is 1. The summed E-state index contributed by atoms with van der Waals surface area (Å²) in [5.41, 5.74) is 10.2. The van der Waals surface area contributed by atoms with Crippen LogP contribution in [0.3, 0.4) is 0 Å². The van der Waals surface area contributed by atoms with E-state index in [-0.39, 0.29) is 6.04 Å². The lowest BCUT2D eigenvalue weighted by molar-refractivity contribution is 0.705. The lowest BCUT2D eigenvalue weighted by Crippen LogP contribution is -2.13. The second kappa shape index (κ2) is 4.12. The summed E-state index contributed by atoms with van der Waals surface area (Å²) in [6.45, 7) is 2.04. The molecule has 2 rings (SSSR count). The maximum atomic E-state index is 6.13. The number of nitrogens with zero attached hydrogens (tertiary/aromatic N) is 3. The third-order valence-electron chi connectivity index (χ3n) is 2.58. The van der Waals surface area contributed by atoms with Crippen LogP contribution in [-0.4, -0.2) is 14.8 Å². The van der Waals surface area contributed by atoms with E-state index in [1.165, 1.54) is 4.88 Å². The molecule has 15 heavy (non-hydrogen) atoms. The number of aromatic nitrogens is 3. The van der Waals surface area contributed by atoms with Crippen molar-refractivity contribution in [3.8, 4) is 0 Å². The molecule has 0 saturated heterocycles. The van der Waals surface area contributed by atoms with Crippen LogP contribution in [0.25, 0.3) is 0 Å². The molecule has 0 bridgehead atoms. The fourth-order valence-electron chi connectivity index (χ4n) is 1.55. The second-order valence-electron chi connectivity index (χ2n) is 3.59. The Balaban J connectivity index is 2.14. The molecule has 2 aromatic heterocycles. The SMILES string of the molecule is Cc1c(C(N)Cc2cncs2)cnn1C. The van der Waals surface area contributed by atoms with Gasteiger partial charge in [0.1, 0.15) is 0 Å². The topological polar surface area (TPSA) is 56.7 Å². The summed E-state index contributed by atoms with van der Waals surface area (Å²) in [6, 6.07) is 0.0131. The average molecular weight is 222 g/mol. The van der Waals surface area contributed by atoms with Crippen LogP contribution in [0.4, 0.5) is 0 Å². The summed E-state index contributed by atoms with van der Waals surface area (Å²) in [4.78, 5) is 5.25. The Labute approximate surface area is 92.8 Å². The van der Waals surface area contributed by atoms with Crippen LogP contribution >= 0.6 is 11.3 Å². The molecule has 2 N–H and O–H groups in total. The lowest BCUT2D eigenvalue weighted by Gasteiger charge is -2.09. The van der Waals surface area contributed by atoms with Gasteiger partial charge in [0.15, 0.2) is 0 Å². The van der Waals surface area contributed by atoms with E-state index in [4.69, 9.17) is 5.73 Å². The molecule has 0 saturated carbocycles. The second-order valence-corrected chi connectivity index (χ2v) is 4.56. The molecule has 1 atom stereocenters. The zero-order chi connectivity index (χ0) is 10.8. The van der Waals surface area contributed by atoms with Crippen LogP contribution in [0.2, 0.25) is 0 Å². The van der Waals surface area contributed by atoms with Gasteiger partial charge in [-0.2, -0.15) is 5.10 Å². The highest BCUT2D eigenvalue weighted by Crippen LogP contribution is 2.20. The first kappa shape index (κ1) is 10.3. The minimum atomic E-state index is 0.0131. The summed E-state index contributed by atoms with van der Waals surface area (Å²) >= 11 is 1.64. The summed E-state index contributed by atoms with van der Waals surface area (Å²) in [5, 5.41) is 4.19. The Morgan fingerprint density at radius 2 is 2.33 bits per heavy atom. The molecular formula is C10H14N4S. The fraction of sp³-hybridized carbons (Fsp3) is 0.400. The van der Waals surface area contributed by atoms with E-state index < -0.39 is 0 Å². The first-order valence-corrected chi connectivity index (χ1v) is 5.68. The van der Waals surface area contributed by atoms with Gasteiger partial charge in [-0.1, -0.05) is 0 Å². The Bertz CT molecular complexity index is 432. The molecule has 0 amide bonds. The van der Waals surface area contributed by atoms with E-state index in [0.717, 1.165) is 17.7 Å². The molecule has 0 aliphatic carbocycles. The highest BCUT2D eigenvalue weighted by atomic mass is 32.1. The summed E-state index contributed by atoms with van der Waals surface area (Å²) < 4.78 is 1.85. The maximum Gasteiger partial charge on any atom is 0.0794 e. The predicted molar refractivity (Wildman–Crippen MR) is 60.7 cm³/mol. The maximum absolute atomic E-state index is 6.13.